The van der Waals surface area contributed by atoms with Crippen molar-refractivity contribution in [1.82, 2.24) is 0 Å². The van der Waals surface area contributed by atoms with Gasteiger partial charge in [-0.3, -0.25) is 0 Å². The summed E-state index contributed by atoms with van der Waals surface area (Å²) >= 11 is 1.68. The zero-order valence-electron chi connectivity index (χ0n) is 11.7. The summed E-state index contributed by atoms with van der Waals surface area (Å²) < 4.78 is 0. The van der Waals surface area contributed by atoms with Crippen LogP contribution in [0.25, 0.3) is 0 Å². The van der Waals surface area contributed by atoms with Crippen LogP contribution < -0.4 is 0 Å². The van der Waals surface area contributed by atoms with Crippen LogP contribution >= 0.6 is 11.8 Å². The average Bonchev–Trinajstić information content (AvgIpc) is 2.43. The van der Waals surface area contributed by atoms with Gasteiger partial charge in [-0.05, 0) is 48.4 Å². The van der Waals surface area contributed by atoms with E-state index in [4.69, 9.17) is 0 Å². The summed E-state index contributed by atoms with van der Waals surface area (Å²) in [6.45, 7) is 4.22. The quantitative estimate of drug-likeness (QED) is 0.837. The maximum atomic E-state index is 10.4. The first-order chi connectivity index (χ1) is 9.11. The van der Waals surface area contributed by atoms with Crippen molar-refractivity contribution < 1.29 is 5.11 Å². The van der Waals surface area contributed by atoms with Crippen LogP contribution in [0.1, 0.15) is 28.4 Å². The first-order valence-corrected chi connectivity index (χ1v) is 7.71. The smallest absolute Gasteiger partial charge is 0.0841 e. The van der Waals surface area contributed by atoms with Gasteiger partial charge < -0.3 is 5.11 Å². The molecule has 0 fully saturated rings. The second kappa shape index (κ2) is 6.27. The van der Waals surface area contributed by atoms with Crippen LogP contribution in [0.4, 0.5) is 0 Å². The van der Waals surface area contributed by atoms with Gasteiger partial charge in [0, 0.05) is 11.3 Å². The molecular formula is C17H20OS. The van der Waals surface area contributed by atoms with Gasteiger partial charge in [0.15, 0.2) is 0 Å². The Morgan fingerprint density at radius 3 is 2.47 bits per heavy atom. The van der Waals surface area contributed by atoms with E-state index in [2.05, 4.69) is 38.1 Å². The zero-order chi connectivity index (χ0) is 13.8. The zero-order valence-corrected chi connectivity index (χ0v) is 12.5. The lowest BCUT2D eigenvalue weighted by molar-refractivity contribution is 0.175. The van der Waals surface area contributed by atoms with Gasteiger partial charge in [0.25, 0.3) is 0 Å². The molecule has 19 heavy (non-hydrogen) atoms. The van der Waals surface area contributed by atoms with Crippen molar-refractivity contribution in [3.8, 4) is 0 Å². The molecule has 2 rings (SSSR count). The van der Waals surface area contributed by atoms with E-state index < -0.39 is 6.10 Å². The second-order valence-corrected chi connectivity index (χ2v) is 5.73. The predicted octanol–water partition coefficient (Wildman–Crippen LogP) is 4.30. The van der Waals surface area contributed by atoms with Crippen molar-refractivity contribution in [2.75, 3.05) is 6.26 Å². The monoisotopic (exact) mass is 272 g/mol. The first kappa shape index (κ1) is 14.2. The minimum Gasteiger partial charge on any atom is -0.388 e. The van der Waals surface area contributed by atoms with Crippen molar-refractivity contribution in [2.45, 2.75) is 31.3 Å². The Morgan fingerprint density at radius 2 is 1.79 bits per heavy atom. The number of rotatable bonds is 4. The molecule has 0 aliphatic heterocycles. The maximum absolute atomic E-state index is 10.4. The Bertz CT molecular complexity index is 563. The molecular weight excluding hydrogens is 252 g/mol. The number of aliphatic hydroxyl groups excluding tert-OH is 1. The third-order valence-electron chi connectivity index (χ3n) is 3.50. The topological polar surface area (TPSA) is 20.2 Å². The Hall–Kier alpha value is -1.25. The molecule has 1 unspecified atom stereocenters. The minimum atomic E-state index is -0.439. The number of hydrogen-bond acceptors (Lipinski definition) is 2. The minimum absolute atomic E-state index is 0.439. The van der Waals surface area contributed by atoms with E-state index in [0.29, 0.717) is 6.42 Å². The van der Waals surface area contributed by atoms with Crippen LogP contribution in [-0.2, 0) is 6.42 Å². The van der Waals surface area contributed by atoms with E-state index in [0.717, 1.165) is 10.5 Å². The van der Waals surface area contributed by atoms with Crippen LogP contribution in [0.15, 0.2) is 47.4 Å². The third-order valence-corrected chi connectivity index (χ3v) is 4.31. The van der Waals surface area contributed by atoms with Crippen molar-refractivity contribution in [3.05, 3.63) is 64.7 Å². The second-order valence-electron chi connectivity index (χ2n) is 4.88. The number of benzene rings is 2. The molecule has 0 aliphatic rings. The highest BCUT2D eigenvalue weighted by atomic mass is 32.2. The highest BCUT2D eigenvalue weighted by molar-refractivity contribution is 7.98. The largest absolute Gasteiger partial charge is 0.388 e. The van der Waals surface area contributed by atoms with Crippen molar-refractivity contribution >= 4 is 11.8 Å². The summed E-state index contributed by atoms with van der Waals surface area (Å²) in [4.78, 5) is 1.15. The highest BCUT2D eigenvalue weighted by Gasteiger charge is 2.12. The van der Waals surface area contributed by atoms with Crippen LogP contribution in [0.2, 0.25) is 0 Å². The van der Waals surface area contributed by atoms with E-state index in [1.54, 1.807) is 11.8 Å². The SMILES string of the molecule is CSc1ccccc1C(O)Cc1ccc(C)c(C)c1. The molecule has 0 saturated heterocycles. The number of aryl methyl sites for hydroxylation is 2. The maximum Gasteiger partial charge on any atom is 0.0841 e. The molecule has 0 aliphatic carbocycles. The Labute approximate surface area is 119 Å². The lowest BCUT2D eigenvalue weighted by atomic mass is 9.98. The lowest BCUT2D eigenvalue weighted by Crippen LogP contribution is -2.03. The summed E-state index contributed by atoms with van der Waals surface area (Å²) in [5.74, 6) is 0. The number of thioether (sulfide) groups is 1. The van der Waals surface area contributed by atoms with Gasteiger partial charge >= 0.3 is 0 Å². The Morgan fingerprint density at radius 1 is 1.05 bits per heavy atom. The fourth-order valence-electron chi connectivity index (χ4n) is 2.21. The molecule has 0 bridgehead atoms. The van der Waals surface area contributed by atoms with Crippen LogP contribution in [0.5, 0.6) is 0 Å². The van der Waals surface area contributed by atoms with E-state index in [9.17, 15) is 5.11 Å². The molecule has 0 aromatic heterocycles. The van der Waals surface area contributed by atoms with Gasteiger partial charge in [-0.25, -0.2) is 0 Å². The van der Waals surface area contributed by atoms with Gasteiger partial charge in [-0.2, -0.15) is 0 Å². The number of hydrogen-bond donors (Lipinski definition) is 1. The molecule has 0 amide bonds. The first-order valence-electron chi connectivity index (χ1n) is 6.49. The van der Waals surface area contributed by atoms with Gasteiger partial charge in [0.2, 0.25) is 0 Å². The average molecular weight is 272 g/mol. The van der Waals surface area contributed by atoms with E-state index in [1.165, 1.54) is 16.7 Å². The Balaban J connectivity index is 2.20. The fraction of sp³-hybridized carbons (Fsp3) is 0.294. The summed E-state index contributed by atoms with van der Waals surface area (Å²) in [6.07, 6.45) is 2.27. The summed E-state index contributed by atoms with van der Waals surface area (Å²) in [5, 5.41) is 10.4. The van der Waals surface area contributed by atoms with Gasteiger partial charge in [-0.15, -0.1) is 11.8 Å². The van der Waals surface area contributed by atoms with Gasteiger partial charge in [0.1, 0.15) is 0 Å². The summed E-state index contributed by atoms with van der Waals surface area (Å²) in [5.41, 5.74) is 4.78. The standard InChI is InChI=1S/C17H20OS/c1-12-8-9-14(10-13(12)2)11-16(18)15-6-4-5-7-17(15)19-3/h4-10,16,18H,11H2,1-3H3. The van der Waals surface area contributed by atoms with Crippen molar-refractivity contribution in [2.24, 2.45) is 0 Å². The summed E-state index contributed by atoms with van der Waals surface area (Å²) in [6, 6.07) is 14.5. The van der Waals surface area contributed by atoms with E-state index in [1.807, 2.05) is 24.5 Å². The van der Waals surface area contributed by atoms with Crippen molar-refractivity contribution in [3.63, 3.8) is 0 Å². The van der Waals surface area contributed by atoms with E-state index in [-0.39, 0.29) is 0 Å². The summed E-state index contributed by atoms with van der Waals surface area (Å²) in [7, 11) is 0. The molecule has 0 radical (unpaired) electrons. The van der Waals surface area contributed by atoms with E-state index >= 15 is 0 Å². The molecule has 2 heteroatoms. The van der Waals surface area contributed by atoms with Crippen LogP contribution in [0, 0.1) is 13.8 Å². The molecule has 1 nitrogen and oxygen atoms in total. The molecule has 0 heterocycles. The third kappa shape index (κ3) is 3.40. The fourth-order valence-corrected chi connectivity index (χ4v) is 2.86. The molecule has 0 saturated carbocycles. The molecule has 2 aromatic carbocycles. The van der Waals surface area contributed by atoms with Gasteiger partial charge in [-0.1, -0.05) is 36.4 Å². The predicted molar refractivity (Wildman–Crippen MR) is 82.8 cm³/mol. The van der Waals surface area contributed by atoms with Gasteiger partial charge in [0.05, 0.1) is 6.10 Å². The molecule has 2 aromatic rings. The normalized spacial score (nSPS) is 12.4. The molecule has 0 spiro atoms. The molecule has 1 atom stereocenters. The Kier molecular flexibility index (Phi) is 4.67. The highest BCUT2D eigenvalue weighted by Crippen LogP contribution is 2.28. The van der Waals surface area contributed by atoms with Crippen LogP contribution in [-0.4, -0.2) is 11.4 Å². The molecule has 1 N–H and O–H groups in total. The number of aliphatic hydroxyl groups is 1. The van der Waals surface area contributed by atoms with Crippen molar-refractivity contribution in [1.29, 1.82) is 0 Å². The van der Waals surface area contributed by atoms with Crippen LogP contribution in [0.3, 0.4) is 0 Å². The molecule has 100 valence electrons. The lowest BCUT2D eigenvalue weighted by Gasteiger charge is -2.15.